The summed E-state index contributed by atoms with van der Waals surface area (Å²) >= 11 is 12.6. The zero-order valence-corrected chi connectivity index (χ0v) is 20.6. The maximum absolute atomic E-state index is 12.8. The number of anilines is 3. The number of fused-ring (bicyclic) bond motifs is 1. The molecule has 0 aliphatic heterocycles. The maximum Gasteiger partial charge on any atom is 0.409 e. The van der Waals surface area contributed by atoms with Crippen molar-refractivity contribution in [3.05, 3.63) is 45.9 Å². The van der Waals surface area contributed by atoms with Gasteiger partial charge in [-0.05, 0) is 42.7 Å². The van der Waals surface area contributed by atoms with Crippen LogP contribution in [0, 0.1) is 5.41 Å². The number of amides is 2. The standard InChI is InChI=1S/C24H27Cl2N5O3/c1-24(8-4-3-5-9-24)21(32)27-13-14-6-7-15(25)17(10-14)28-22-29-19-11-16(26)18(30-23(33)34)12-20(19)31(22)2/h6-7,10-12,30H,3-5,8-9,13H2,1-2H3,(H,27,32)(H,28,29)(H,33,34). The number of aromatic nitrogens is 2. The third-order valence-corrected chi connectivity index (χ3v) is 7.09. The van der Waals surface area contributed by atoms with Gasteiger partial charge in [0.25, 0.3) is 0 Å². The van der Waals surface area contributed by atoms with Gasteiger partial charge >= 0.3 is 6.09 Å². The van der Waals surface area contributed by atoms with Crippen molar-refractivity contribution in [3.8, 4) is 0 Å². The van der Waals surface area contributed by atoms with Gasteiger partial charge in [0.15, 0.2) is 0 Å². The lowest BCUT2D eigenvalue weighted by Gasteiger charge is -2.32. The van der Waals surface area contributed by atoms with Crippen LogP contribution in [-0.4, -0.2) is 26.7 Å². The van der Waals surface area contributed by atoms with Crippen LogP contribution < -0.4 is 16.0 Å². The molecule has 0 spiro atoms. The predicted octanol–water partition coefficient (Wildman–Crippen LogP) is 6.30. The maximum atomic E-state index is 12.8. The lowest BCUT2D eigenvalue weighted by molar-refractivity contribution is -0.132. The van der Waals surface area contributed by atoms with Crippen molar-refractivity contribution >= 4 is 63.6 Å². The molecule has 1 aliphatic rings. The fourth-order valence-corrected chi connectivity index (χ4v) is 4.76. The molecule has 4 N–H and O–H groups in total. The van der Waals surface area contributed by atoms with Gasteiger partial charge in [-0.1, -0.05) is 55.5 Å². The average Bonchev–Trinajstić information content (AvgIpc) is 3.08. The number of benzene rings is 2. The van der Waals surface area contributed by atoms with E-state index in [9.17, 15) is 9.59 Å². The number of aryl methyl sites for hydroxylation is 1. The largest absolute Gasteiger partial charge is 0.465 e. The highest BCUT2D eigenvalue weighted by atomic mass is 35.5. The van der Waals surface area contributed by atoms with Crippen molar-refractivity contribution in [1.82, 2.24) is 14.9 Å². The minimum atomic E-state index is -1.20. The molecule has 3 aromatic rings. The molecule has 0 radical (unpaired) electrons. The number of nitrogens with one attached hydrogen (secondary N) is 3. The number of carboxylic acid groups (broad SMARTS) is 1. The van der Waals surface area contributed by atoms with Crippen LogP contribution in [0.2, 0.25) is 10.0 Å². The Morgan fingerprint density at radius 2 is 1.82 bits per heavy atom. The van der Waals surface area contributed by atoms with E-state index in [2.05, 4.69) is 20.9 Å². The average molecular weight is 504 g/mol. The number of hydrogen-bond acceptors (Lipinski definition) is 4. The molecule has 2 amide bonds. The molecule has 1 heterocycles. The second-order valence-corrected chi connectivity index (χ2v) is 9.80. The van der Waals surface area contributed by atoms with Crippen molar-refractivity contribution in [2.45, 2.75) is 45.6 Å². The highest BCUT2D eigenvalue weighted by Crippen LogP contribution is 2.36. The topological polar surface area (TPSA) is 108 Å². The minimum Gasteiger partial charge on any atom is -0.465 e. The van der Waals surface area contributed by atoms with E-state index in [1.807, 2.05) is 19.1 Å². The Bertz CT molecular complexity index is 1250. The minimum absolute atomic E-state index is 0.0923. The monoisotopic (exact) mass is 503 g/mol. The third kappa shape index (κ3) is 5.08. The molecule has 1 aliphatic carbocycles. The number of carbonyl (C=O) groups excluding carboxylic acids is 1. The van der Waals surface area contributed by atoms with Crippen LogP contribution in [0.3, 0.4) is 0 Å². The van der Waals surface area contributed by atoms with Gasteiger partial charge in [-0.15, -0.1) is 0 Å². The lowest BCUT2D eigenvalue weighted by Crippen LogP contribution is -2.39. The van der Waals surface area contributed by atoms with Gasteiger partial charge in [-0.2, -0.15) is 0 Å². The van der Waals surface area contributed by atoms with Crippen molar-refractivity contribution in [1.29, 1.82) is 0 Å². The van der Waals surface area contributed by atoms with Crippen LogP contribution >= 0.6 is 23.2 Å². The molecule has 8 nitrogen and oxygen atoms in total. The van der Waals surface area contributed by atoms with E-state index < -0.39 is 6.09 Å². The molecular formula is C24H27Cl2N5O3. The van der Waals surface area contributed by atoms with Gasteiger partial charge < -0.3 is 20.3 Å². The Balaban J connectivity index is 1.52. The van der Waals surface area contributed by atoms with Gasteiger partial charge in [0.05, 0.1) is 32.5 Å². The molecule has 1 saturated carbocycles. The second-order valence-electron chi connectivity index (χ2n) is 8.99. The first-order chi connectivity index (χ1) is 16.2. The van der Waals surface area contributed by atoms with Gasteiger partial charge in [-0.3, -0.25) is 10.1 Å². The number of carbonyl (C=O) groups is 2. The van der Waals surface area contributed by atoms with E-state index in [0.29, 0.717) is 34.2 Å². The molecule has 1 aromatic heterocycles. The number of hydrogen-bond donors (Lipinski definition) is 4. The SMILES string of the molecule is Cn1c(Nc2cc(CNC(=O)C3(C)CCCCC3)ccc2Cl)nc2cc(Cl)c(NC(=O)O)cc21. The van der Waals surface area contributed by atoms with Crippen molar-refractivity contribution in [2.24, 2.45) is 12.5 Å². The first-order valence-electron chi connectivity index (χ1n) is 11.2. The molecule has 4 rings (SSSR count). The molecule has 34 heavy (non-hydrogen) atoms. The van der Waals surface area contributed by atoms with Crippen molar-refractivity contribution in [3.63, 3.8) is 0 Å². The summed E-state index contributed by atoms with van der Waals surface area (Å²) in [5.74, 6) is 0.603. The third-order valence-electron chi connectivity index (χ3n) is 6.45. The predicted molar refractivity (Wildman–Crippen MR) is 135 cm³/mol. The van der Waals surface area contributed by atoms with E-state index in [-0.39, 0.29) is 22.0 Å². The number of nitrogens with zero attached hydrogens (tertiary/aromatic N) is 2. The Labute approximate surface area is 207 Å². The van der Waals surface area contributed by atoms with Crippen LogP contribution in [0.5, 0.6) is 0 Å². The van der Waals surface area contributed by atoms with Gasteiger partial charge in [-0.25, -0.2) is 9.78 Å². The Morgan fingerprint density at radius 3 is 2.53 bits per heavy atom. The summed E-state index contributed by atoms with van der Waals surface area (Å²) in [6, 6.07) is 8.78. The summed E-state index contributed by atoms with van der Waals surface area (Å²) in [6.07, 6.45) is 4.03. The zero-order valence-electron chi connectivity index (χ0n) is 19.0. The lowest BCUT2D eigenvalue weighted by atomic mass is 9.75. The zero-order chi connectivity index (χ0) is 24.5. The van der Waals surface area contributed by atoms with E-state index in [1.165, 1.54) is 6.42 Å². The summed E-state index contributed by atoms with van der Waals surface area (Å²) in [5.41, 5.74) is 2.83. The fourth-order valence-electron chi connectivity index (χ4n) is 4.39. The van der Waals surface area contributed by atoms with Gasteiger partial charge in [0.2, 0.25) is 11.9 Å². The molecule has 0 atom stereocenters. The molecule has 2 aromatic carbocycles. The summed E-state index contributed by atoms with van der Waals surface area (Å²) in [5, 5.41) is 18.4. The molecule has 10 heteroatoms. The molecule has 1 fully saturated rings. The Kier molecular flexibility index (Phi) is 6.91. The normalized spacial score (nSPS) is 15.2. The van der Waals surface area contributed by atoms with Crippen LogP contribution in [-0.2, 0) is 18.4 Å². The summed E-state index contributed by atoms with van der Waals surface area (Å²) in [6.45, 7) is 2.45. The number of halogens is 2. The van der Waals surface area contributed by atoms with E-state index in [1.54, 1.807) is 29.8 Å². The highest BCUT2D eigenvalue weighted by molar-refractivity contribution is 6.34. The summed E-state index contributed by atoms with van der Waals surface area (Å²) in [7, 11) is 1.80. The smallest absolute Gasteiger partial charge is 0.409 e. The fraction of sp³-hybridized carbons (Fsp3) is 0.375. The first-order valence-corrected chi connectivity index (χ1v) is 11.9. The van der Waals surface area contributed by atoms with E-state index in [4.69, 9.17) is 28.3 Å². The van der Waals surface area contributed by atoms with Crippen molar-refractivity contribution in [2.75, 3.05) is 10.6 Å². The highest BCUT2D eigenvalue weighted by Gasteiger charge is 2.34. The van der Waals surface area contributed by atoms with E-state index in [0.717, 1.165) is 31.2 Å². The van der Waals surface area contributed by atoms with Crippen molar-refractivity contribution < 1.29 is 14.7 Å². The Hall–Kier alpha value is -2.97. The van der Waals surface area contributed by atoms with Gasteiger partial charge in [0, 0.05) is 19.0 Å². The quantitative estimate of drug-likeness (QED) is 0.315. The second kappa shape index (κ2) is 9.72. The molecule has 0 unspecified atom stereocenters. The molecule has 0 bridgehead atoms. The van der Waals surface area contributed by atoms with E-state index >= 15 is 0 Å². The van der Waals surface area contributed by atoms with Crippen LogP contribution in [0.1, 0.15) is 44.6 Å². The Morgan fingerprint density at radius 1 is 1.09 bits per heavy atom. The number of imidazole rings is 1. The molecule has 0 saturated heterocycles. The summed E-state index contributed by atoms with van der Waals surface area (Å²) < 4.78 is 1.79. The summed E-state index contributed by atoms with van der Waals surface area (Å²) in [4.78, 5) is 28.4. The molecular weight excluding hydrogens is 477 g/mol. The van der Waals surface area contributed by atoms with Crippen LogP contribution in [0.4, 0.5) is 22.1 Å². The molecule has 180 valence electrons. The van der Waals surface area contributed by atoms with Gasteiger partial charge in [0.1, 0.15) is 0 Å². The van der Waals surface area contributed by atoms with Crippen LogP contribution in [0.25, 0.3) is 11.0 Å². The number of rotatable bonds is 6. The van der Waals surface area contributed by atoms with Crippen LogP contribution in [0.15, 0.2) is 30.3 Å². The first kappa shape index (κ1) is 24.2.